The molecule has 0 saturated heterocycles. The summed E-state index contributed by atoms with van der Waals surface area (Å²) in [5.74, 6) is 0.476. The molecule has 2 aromatic carbocycles. The number of hydrogen-bond donors (Lipinski definition) is 0. The van der Waals surface area contributed by atoms with Crippen LogP contribution in [0.15, 0.2) is 53.6 Å². The average molecular weight is 473 g/mol. The van der Waals surface area contributed by atoms with E-state index in [1.807, 2.05) is 38.1 Å². The van der Waals surface area contributed by atoms with Crippen LogP contribution in [0.2, 0.25) is 10.0 Å². The molecule has 4 aromatic rings. The van der Waals surface area contributed by atoms with Crippen molar-refractivity contribution in [1.82, 2.24) is 9.55 Å². The van der Waals surface area contributed by atoms with Crippen molar-refractivity contribution in [1.29, 1.82) is 0 Å². The maximum atomic E-state index is 13.3. The number of ketones is 1. The van der Waals surface area contributed by atoms with Gasteiger partial charge in [-0.25, -0.2) is 4.98 Å². The third kappa shape index (κ3) is 4.24. The Morgan fingerprint density at radius 2 is 1.90 bits per heavy atom. The van der Waals surface area contributed by atoms with E-state index in [0.717, 1.165) is 21.8 Å². The third-order valence-corrected chi connectivity index (χ3v) is 6.42. The van der Waals surface area contributed by atoms with Gasteiger partial charge in [0, 0.05) is 21.0 Å². The Morgan fingerprint density at radius 3 is 2.58 bits per heavy atom. The number of rotatable bonds is 6. The Balaban J connectivity index is 1.75. The Morgan fingerprint density at radius 1 is 1.16 bits per heavy atom. The van der Waals surface area contributed by atoms with E-state index in [-0.39, 0.29) is 22.9 Å². The van der Waals surface area contributed by atoms with Gasteiger partial charge in [-0.1, -0.05) is 35.3 Å². The lowest BCUT2D eigenvalue weighted by Gasteiger charge is -2.08. The van der Waals surface area contributed by atoms with Gasteiger partial charge in [-0.2, -0.15) is 0 Å². The van der Waals surface area contributed by atoms with Crippen LogP contribution in [0.1, 0.15) is 22.2 Å². The first-order valence-corrected chi connectivity index (χ1v) is 11.2. The molecule has 0 unspecified atom stereocenters. The summed E-state index contributed by atoms with van der Waals surface area (Å²) in [7, 11) is 0. The summed E-state index contributed by atoms with van der Waals surface area (Å²) in [6.07, 6.45) is 1.41. The number of thiophene rings is 1. The maximum Gasteiger partial charge on any atom is 0.263 e. The first-order chi connectivity index (χ1) is 14.9. The molecule has 0 aliphatic carbocycles. The molecule has 158 valence electrons. The summed E-state index contributed by atoms with van der Waals surface area (Å²) in [6, 6.07) is 12.3. The van der Waals surface area contributed by atoms with Crippen molar-refractivity contribution in [3.8, 4) is 16.9 Å². The predicted octanol–water partition coefficient (Wildman–Crippen LogP) is 6.02. The summed E-state index contributed by atoms with van der Waals surface area (Å²) in [4.78, 5) is 32.1. The van der Waals surface area contributed by atoms with E-state index >= 15 is 0 Å². The van der Waals surface area contributed by atoms with Gasteiger partial charge in [0.05, 0.1) is 29.9 Å². The number of carbonyl (C=O) groups is 1. The molecular formula is C23H18Cl2N2O3S. The van der Waals surface area contributed by atoms with Crippen LogP contribution < -0.4 is 10.3 Å². The molecule has 0 spiro atoms. The molecule has 0 radical (unpaired) electrons. The number of carbonyl (C=O) groups excluding carboxylic acids is 1. The number of aromatic nitrogens is 2. The van der Waals surface area contributed by atoms with Crippen LogP contribution in [-0.2, 0) is 6.54 Å². The number of Topliss-reactive ketones (excluding diaryl/α,β-unsaturated/α-hetero) is 1. The first kappa shape index (κ1) is 21.6. The number of hydrogen-bond acceptors (Lipinski definition) is 5. The number of ether oxygens (including phenoxy) is 1. The minimum Gasteiger partial charge on any atom is -0.494 e. The van der Waals surface area contributed by atoms with Crippen molar-refractivity contribution in [3.05, 3.63) is 79.6 Å². The molecule has 0 aliphatic rings. The molecule has 0 atom stereocenters. The monoisotopic (exact) mass is 472 g/mol. The van der Waals surface area contributed by atoms with Crippen molar-refractivity contribution in [2.24, 2.45) is 0 Å². The summed E-state index contributed by atoms with van der Waals surface area (Å²) in [5.41, 5.74) is 1.77. The van der Waals surface area contributed by atoms with Crippen LogP contribution in [0.5, 0.6) is 5.75 Å². The van der Waals surface area contributed by atoms with E-state index in [4.69, 9.17) is 27.9 Å². The summed E-state index contributed by atoms with van der Waals surface area (Å²) in [6.45, 7) is 4.30. The fourth-order valence-electron chi connectivity index (χ4n) is 3.44. The molecule has 4 rings (SSSR count). The Hall–Kier alpha value is -2.67. The average Bonchev–Trinajstić information content (AvgIpc) is 3.07. The van der Waals surface area contributed by atoms with Gasteiger partial charge >= 0.3 is 0 Å². The van der Waals surface area contributed by atoms with Crippen molar-refractivity contribution in [2.75, 3.05) is 6.61 Å². The Kier molecular flexibility index (Phi) is 6.14. The largest absolute Gasteiger partial charge is 0.494 e. The highest BCUT2D eigenvalue weighted by atomic mass is 35.5. The minimum absolute atomic E-state index is 0.166. The number of halogens is 2. The lowest BCUT2D eigenvalue weighted by molar-refractivity contribution is 0.0971. The molecule has 2 aromatic heterocycles. The van der Waals surface area contributed by atoms with Crippen LogP contribution in [0, 0.1) is 6.92 Å². The third-order valence-electron chi connectivity index (χ3n) is 4.85. The van der Waals surface area contributed by atoms with Gasteiger partial charge < -0.3 is 4.74 Å². The highest BCUT2D eigenvalue weighted by molar-refractivity contribution is 7.19. The Bertz CT molecular complexity index is 1340. The molecular weight excluding hydrogens is 455 g/mol. The zero-order valence-corrected chi connectivity index (χ0v) is 19.1. The second kappa shape index (κ2) is 8.83. The van der Waals surface area contributed by atoms with Crippen LogP contribution >= 0.6 is 34.5 Å². The normalized spacial score (nSPS) is 11.1. The van der Waals surface area contributed by atoms with Gasteiger partial charge in [-0.3, -0.25) is 14.2 Å². The molecule has 0 amide bonds. The van der Waals surface area contributed by atoms with Gasteiger partial charge in [-0.15, -0.1) is 11.3 Å². The minimum atomic E-state index is -0.292. The van der Waals surface area contributed by atoms with Gasteiger partial charge in [0.15, 0.2) is 5.78 Å². The van der Waals surface area contributed by atoms with Crippen molar-refractivity contribution in [2.45, 2.75) is 20.4 Å². The van der Waals surface area contributed by atoms with Gasteiger partial charge in [0.25, 0.3) is 5.56 Å². The second-order valence-electron chi connectivity index (χ2n) is 6.90. The van der Waals surface area contributed by atoms with E-state index in [1.165, 1.54) is 28.3 Å². The van der Waals surface area contributed by atoms with Gasteiger partial charge in [0.2, 0.25) is 0 Å². The number of nitrogens with zero attached hydrogens (tertiary/aromatic N) is 2. The van der Waals surface area contributed by atoms with Crippen LogP contribution in [0.3, 0.4) is 0 Å². The molecule has 0 bridgehead atoms. The summed E-state index contributed by atoms with van der Waals surface area (Å²) < 4.78 is 6.83. The molecule has 2 heterocycles. The lowest BCUT2D eigenvalue weighted by Crippen LogP contribution is -2.24. The molecule has 0 aliphatic heterocycles. The number of benzene rings is 2. The number of aryl methyl sites for hydroxylation is 1. The van der Waals surface area contributed by atoms with Crippen molar-refractivity contribution < 1.29 is 9.53 Å². The van der Waals surface area contributed by atoms with E-state index in [1.54, 1.807) is 12.1 Å². The van der Waals surface area contributed by atoms with E-state index in [2.05, 4.69) is 4.98 Å². The standard InChI is InChI=1S/C23H18Cl2N2O3S/c1-3-30-16-7-4-14(5-8-16)20-13(2)31-22-21(20)23(29)27(12-26-22)11-19(28)17-9-6-15(24)10-18(17)25/h4-10,12H,3,11H2,1-2H3. The number of fused-ring (bicyclic) bond motifs is 1. The predicted molar refractivity (Wildman–Crippen MR) is 126 cm³/mol. The molecule has 5 nitrogen and oxygen atoms in total. The molecule has 8 heteroatoms. The van der Waals surface area contributed by atoms with Gasteiger partial charge in [0.1, 0.15) is 10.6 Å². The van der Waals surface area contributed by atoms with E-state index in [9.17, 15) is 9.59 Å². The quantitative estimate of drug-likeness (QED) is 0.321. The molecule has 0 fully saturated rings. The van der Waals surface area contributed by atoms with Crippen LogP contribution in [0.25, 0.3) is 21.3 Å². The molecule has 31 heavy (non-hydrogen) atoms. The fraction of sp³-hybridized carbons (Fsp3) is 0.174. The first-order valence-electron chi connectivity index (χ1n) is 9.59. The molecule has 0 N–H and O–H groups in total. The summed E-state index contributed by atoms with van der Waals surface area (Å²) >= 11 is 13.5. The van der Waals surface area contributed by atoms with Crippen LogP contribution in [-0.4, -0.2) is 21.9 Å². The Labute approximate surface area is 192 Å². The zero-order chi connectivity index (χ0) is 22.1. The topological polar surface area (TPSA) is 61.2 Å². The SMILES string of the molecule is CCOc1ccc(-c2c(C)sc3ncn(CC(=O)c4ccc(Cl)cc4Cl)c(=O)c23)cc1. The van der Waals surface area contributed by atoms with Crippen molar-refractivity contribution in [3.63, 3.8) is 0 Å². The smallest absolute Gasteiger partial charge is 0.263 e. The molecule has 0 saturated carbocycles. The van der Waals surface area contributed by atoms with E-state index in [0.29, 0.717) is 27.4 Å². The highest BCUT2D eigenvalue weighted by Gasteiger charge is 2.19. The van der Waals surface area contributed by atoms with Crippen molar-refractivity contribution >= 4 is 50.5 Å². The van der Waals surface area contributed by atoms with E-state index < -0.39 is 0 Å². The maximum absolute atomic E-state index is 13.3. The highest BCUT2D eigenvalue weighted by Crippen LogP contribution is 2.36. The zero-order valence-electron chi connectivity index (χ0n) is 16.8. The van der Waals surface area contributed by atoms with Gasteiger partial charge in [-0.05, 0) is 49.7 Å². The summed E-state index contributed by atoms with van der Waals surface area (Å²) in [5, 5.41) is 1.20. The van der Waals surface area contributed by atoms with Crippen LogP contribution in [0.4, 0.5) is 0 Å². The second-order valence-corrected chi connectivity index (χ2v) is 8.94. The lowest BCUT2D eigenvalue weighted by atomic mass is 10.0. The fourth-order valence-corrected chi connectivity index (χ4v) is 4.95.